The van der Waals surface area contributed by atoms with Crippen molar-refractivity contribution in [3.63, 3.8) is 0 Å². The largest absolute Gasteiger partial charge is 0.326 e. The summed E-state index contributed by atoms with van der Waals surface area (Å²) in [5.74, 6) is -1.23. The van der Waals surface area contributed by atoms with Crippen molar-refractivity contribution in [2.75, 3.05) is 10.2 Å². The van der Waals surface area contributed by atoms with E-state index < -0.39 is 17.1 Å². The van der Waals surface area contributed by atoms with Crippen LogP contribution in [0.15, 0.2) is 48.5 Å². The fourth-order valence-electron chi connectivity index (χ4n) is 2.62. The van der Waals surface area contributed by atoms with Gasteiger partial charge in [-0.15, -0.1) is 0 Å². The van der Waals surface area contributed by atoms with Gasteiger partial charge in [-0.05, 0) is 23.8 Å². The molecule has 0 unspecified atom stereocenters. The molecule has 0 radical (unpaired) electrons. The van der Waals surface area contributed by atoms with E-state index in [1.54, 1.807) is 18.2 Å². The third kappa shape index (κ3) is 3.31. The first-order chi connectivity index (χ1) is 11.8. The van der Waals surface area contributed by atoms with Crippen LogP contribution in [0.4, 0.5) is 11.4 Å². The first kappa shape index (κ1) is 16.9. The fraction of sp³-hybridized carbons (Fsp3) is 0.250. The molecular formula is C20H20N2O3. The minimum atomic E-state index is -0.544. The monoisotopic (exact) mass is 336 g/mol. The number of ketones is 1. The van der Waals surface area contributed by atoms with Crippen LogP contribution in [0.1, 0.15) is 36.7 Å². The van der Waals surface area contributed by atoms with Crippen molar-refractivity contribution in [1.29, 1.82) is 0 Å². The predicted molar refractivity (Wildman–Crippen MR) is 96.5 cm³/mol. The first-order valence-electron chi connectivity index (χ1n) is 8.13. The third-order valence-corrected chi connectivity index (χ3v) is 4.09. The zero-order chi connectivity index (χ0) is 18.2. The van der Waals surface area contributed by atoms with E-state index in [0.717, 1.165) is 5.56 Å². The molecule has 1 aliphatic rings. The maximum atomic E-state index is 12.3. The van der Waals surface area contributed by atoms with E-state index in [4.69, 9.17) is 0 Å². The molecule has 0 fully saturated rings. The van der Waals surface area contributed by atoms with Gasteiger partial charge in [0.15, 0.2) is 0 Å². The van der Waals surface area contributed by atoms with Crippen LogP contribution in [0.3, 0.4) is 0 Å². The second-order valence-corrected chi connectivity index (χ2v) is 7.14. The van der Waals surface area contributed by atoms with Crippen LogP contribution in [0.25, 0.3) is 0 Å². The molecule has 25 heavy (non-hydrogen) atoms. The number of rotatable bonds is 3. The fourth-order valence-corrected chi connectivity index (χ4v) is 2.62. The lowest BCUT2D eigenvalue weighted by molar-refractivity contribution is -0.123. The molecule has 5 heteroatoms. The summed E-state index contributed by atoms with van der Waals surface area (Å²) in [6.07, 6.45) is 0. The van der Waals surface area contributed by atoms with Crippen LogP contribution in [0.5, 0.6) is 0 Å². The maximum Gasteiger partial charge on any atom is 0.299 e. The number of carbonyl (C=O) groups excluding carboxylic acids is 3. The zero-order valence-corrected chi connectivity index (χ0v) is 14.5. The van der Waals surface area contributed by atoms with Crippen LogP contribution in [-0.4, -0.2) is 17.6 Å². The quantitative estimate of drug-likeness (QED) is 0.874. The normalized spacial score (nSPS) is 13.8. The minimum Gasteiger partial charge on any atom is -0.326 e. The van der Waals surface area contributed by atoms with Gasteiger partial charge in [0.2, 0.25) is 5.91 Å². The highest BCUT2D eigenvalue weighted by Gasteiger charge is 2.36. The van der Waals surface area contributed by atoms with Gasteiger partial charge in [0.05, 0.1) is 17.8 Å². The van der Waals surface area contributed by atoms with E-state index >= 15 is 0 Å². The molecule has 0 bridgehead atoms. The van der Waals surface area contributed by atoms with E-state index in [2.05, 4.69) is 5.32 Å². The van der Waals surface area contributed by atoms with Gasteiger partial charge < -0.3 is 10.2 Å². The summed E-state index contributed by atoms with van der Waals surface area (Å²) in [4.78, 5) is 38.3. The van der Waals surface area contributed by atoms with Crippen molar-refractivity contribution < 1.29 is 14.4 Å². The van der Waals surface area contributed by atoms with Gasteiger partial charge in [0.25, 0.3) is 11.7 Å². The van der Waals surface area contributed by atoms with Crippen molar-refractivity contribution >= 4 is 29.0 Å². The molecule has 128 valence electrons. The topological polar surface area (TPSA) is 66.5 Å². The molecule has 0 spiro atoms. The molecule has 0 saturated heterocycles. The number of hydrogen-bond acceptors (Lipinski definition) is 3. The number of Topliss-reactive ketones (excluding diaryl/α,β-unsaturated/α-hetero) is 1. The first-order valence-corrected chi connectivity index (χ1v) is 8.13. The Bertz CT molecular complexity index is 851. The summed E-state index contributed by atoms with van der Waals surface area (Å²) in [5, 5.41) is 2.79. The lowest BCUT2D eigenvalue weighted by Crippen LogP contribution is -2.29. The number of amides is 2. The van der Waals surface area contributed by atoms with Crippen LogP contribution < -0.4 is 10.2 Å². The van der Waals surface area contributed by atoms with Crippen LogP contribution in [0.2, 0.25) is 0 Å². The predicted octanol–water partition coefficient (Wildman–Crippen LogP) is 3.40. The average Bonchev–Trinajstić information content (AvgIpc) is 2.80. The van der Waals surface area contributed by atoms with Crippen molar-refractivity contribution in [2.45, 2.75) is 27.3 Å². The highest BCUT2D eigenvalue weighted by molar-refractivity contribution is 6.52. The van der Waals surface area contributed by atoms with E-state index in [-0.39, 0.29) is 5.91 Å². The van der Waals surface area contributed by atoms with E-state index in [9.17, 15) is 14.4 Å². The average molecular weight is 336 g/mol. The molecule has 2 aromatic carbocycles. The summed E-state index contributed by atoms with van der Waals surface area (Å²) >= 11 is 0. The van der Waals surface area contributed by atoms with Crippen molar-refractivity contribution in [3.8, 4) is 0 Å². The van der Waals surface area contributed by atoms with E-state index in [1.807, 2.05) is 51.1 Å². The Morgan fingerprint density at radius 3 is 2.36 bits per heavy atom. The number of hydrogen-bond donors (Lipinski definition) is 1. The molecular weight excluding hydrogens is 316 g/mol. The van der Waals surface area contributed by atoms with Gasteiger partial charge in [-0.1, -0.05) is 51.1 Å². The molecule has 2 aromatic rings. The van der Waals surface area contributed by atoms with Crippen LogP contribution >= 0.6 is 0 Å². The number of nitrogens with zero attached hydrogens (tertiary/aromatic N) is 1. The Labute approximate surface area is 146 Å². The Morgan fingerprint density at radius 2 is 1.72 bits per heavy atom. The van der Waals surface area contributed by atoms with Gasteiger partial charge in [0, 0.05) is 11.1 Å². The van der Waals surface area contributed by atoms with Crippen LogP contribution in [0, 0.1) is 5.41 Å². The second-order valence-electron chi connectivity index (χ2n) is 7.14. The lowest BCUT2D eigenvalue weighted by atomic mass is 9.95. The molecule has 5 nitrogen and oxygen atoms in total. The highest BCUT2D eigenvalue weighted by atomic mass is 16.2. The number of anilines is 2. The Balaban J connectivity index is 1.88. The molecule has 0 aliphatic carbocycles. The van der Waals surface area contributed by atoms with E-state index in [0.29, 0.717) is 23.5 Å². The molecule has 3 rings (SSSR count). The van der Waals surface area contributed by atoms with Crippen molar-refractivity contribution in [3.05, 3.63) is 59.7 Å². The number of nitrogens with one attached hydrogen (secondary N) is 1. The SMILES string of the molecule is CC(C)(C)C(=O)Nc1ccc2c(c1)C(=O)C(=O)N2Cc1ccccc1. The number of fused-ring (bicyclic) bond motifs is 1. The minimum absolute atomic E-state index is 0.148. The number of benzene rings is 2. The smallest absolute Gasteiger partial charge is 0.299 e. The van der Waals surface area contributed by atoms with E-state index in [1.165, 1.54) is 4.90 Å². The standard InChI is InChI=1S/C20H20N2O3/c1-20(2,3)19(25)21-14-9-10-16-15(11-14)17(23)18(24)22(16)12-13-7-5-4-6-8-13/h4-11H,12H2,1-3H3,(H,21,25). The number of carbonyl (C=O) groups is 3. The third-order valence-electron chi connectivity index (χ3n) is 4.09. The highest BCUT2D eigenvalue weighted by Crippen LogP contribution is 2.33. The van der Waals surface area contributed by atoms with Gasteiger partial charge in [0.1, 0.15) is 0 Å². The summed E-state index contributed by atoms with van der Waals surface area (Å²) in [6.45, 7) is 5.77. The Hall–Kier alpha value is -2.95. The van der Waals surface area contributed by atoms with Gasteiger partial charge in [-0.25, -0.2) is 0 Å². The van der Waals surface area contributed by atoms with Crippen LogP contribution in [-0.2, 0) is 16.1 Å². The van der Waals surface area contributed by atoms with Gasteiger partial charge >= 0.3 is 0 Å². The Morgan fingerprint density at radius 1 is 1.04 bits per heavy atom. The van der Waals surface area contributed by atoms with Crippen molar-refractivity contribution in [1.82, 2.24) is 0 Å². The molecule has 2 amide bonds. The maximum absolute atomic E-state index is 12.3. The summed E-state index contributed by atoms with van der Waals surface area (Å²) in [6, 6.07) is 14.5. The molecule has 0 atom stereocenters. The molecule has 1 N–H and O–H groups in total. The van der Waals surface area contributed by atoms with Crippen molar-refractivity contribution in [2.24, 2.45) is 5.41 Å². The molecule has 1 aliphatic heterocycles. The summed E-state index contributed by atoms with van der Waals surface area (Å²) < 4.78 is 0. The second kappa shape index (κ2) is 6.16. The zero-order valence-electron chi connectivity index (χ0n) is 14.5. The summed E-state index contributed by atoms with van der Waals surface area (Å²) in [5.41, 5.74) is 1.82. The summed E-state index contributed by atoms with van der Waals surface area (Å²) in [7, 11) is 0. The van der Waals surface area contributed by atoms with Gasteiger partial charge in [-0.3, -0.25) is 14.4 Å². The Kier molecular flexibility index (Phi) is 4.17. The molecule has 1 heterocycles. The molecule has 0 aromatic heterocycles. The molecule has 0 saturated carbocycles. The lowest BCUT2D eigenvalue weighted by Gasteiger charge is -2.19. The van der Waals surface area contributed by atoms with Gasteiger partial charge in [-0.2, -0.15) is 0 Å².